The molecule has 2 heterocycles. The number of benzene rings is 1. The van der Waals surface area contributed by atoms with Crippen LogP contribution in [-0.2, 0) is 14.3 Å². The van der Waals surface area contributed by atoms with E-state index in [0.717, 1.165) is 38.5 Å². The summed E-state index contributed by atoms with van der Waals surface area (Å²) in [6.07, 6.45) is -4.47. The molecule has 2 aliphatic heterocycles. The number of nitrogens with one attached hydrogen (secondary N) is 1. The minimum atomic E-state index is -4.89. The molecule has 4 atom stereocenters. The number of methoxy groups -OCH3 is 1. The zero-order valence-electron chi connectivity index (χ0n) is 17.3. The lowest BCUT2D eigenvalue weighted by atomic mass is 9.85. The van der Waals surface area contributed by atoms with Gasteiger partial charge in [-0.15, -0.1) is 0 Å². The Morgan fingerprint density at radius 3 is 2.55 bits per heavy atom. The fourth-order valence-corrected chi connectivity index (χ4v) is 3.73. The molecule has 0 bridgehead atoms. The molecule has 8 nitrogen and oxygen atoms in total. The van der Waals surface area contributed by atoms with E-state index >= 15 is 0 Å². The van der Waals surface area contributed by atoms with Gasteiger partial charge in [-0.05, 0) is 19.4 Å². The summed E-state index contributed by atoms with van der Waals surface area (Å²) in [7, 11) is 1.01. The number of alkyl halides is 3. The summed E-state index contributed by atoms with van der Waals surface area (Å²) >= 11 is 0. The topological polar surface area (TPSA) is 111 Å². The van der Waals surface area contributed by atoms with Crippen LogP contribution in [0, 0.1) is 16.5 Å². The number of rotatable bonds is 5. The zero-order chi connectivity index (χ0) is 24.7. The van der Waals surface area contributed by atoms with Gasteiger partial charge in [0.05, 0.1) is 12.8 Å². The van der Waals surface area contributed by atoms with E-state index in [2.05, 4.69) is 5.32 Å². The molecule has 33 heavy (non-hydrogen) atoms. The van der Waals surface area contributed by atoms with E-state index in [1.54, 1.807) is 0 Å². The molecule has 0 spiro atoms. The molecule has 0 aliphatic carbocycles. The van der Waals surface area contributed by atoms with Gasteiger partial charge in [0.1, 0.15) is 6.10 Å². The van der Waals surface area contributed by atoms with Gasteiger partial charge in [-0.3, -0.25) is 9.59 Å². The summed E-state index contributed by atoms with van der Waals surface area (Å²) in [6, 6.07) is 0.279. The maximum atomic E-state index is 14.2. The summed E-state index contributed by atoms with van der Waals surface area (Å²) in [6.45, 7) is 0.734. The Labute approximate surface area is 183 Å². The normalized spacial score (nSPS) is 27.3. The first-order valence-electron chi connectivity index (χ1n) is 9.51. The number of ether oxygens (including phenoxy) is 2. The molecule has 13 heteroatoms. The Bertz CT molecular complexity index is 1070. The SMILES string of the molecule is COc1c([C@@H]2C[C@@](C)(C(F)(F)F)OC2C(=O)NC2=C[C@@H](C(N)=O)[N+](=O)C=C2)ccc(F)c1F. The molecule has 3 N–H and O–H groups in total. The van der Waals surface area contributed by atoms with Gasteiger partial charge < -0.3 is 20.5 Å². The summed E-state index contributed by atoms with van der Waals surface area (Å²) in [4.78, 5) is 35.9. The van der Waals surface area contributed by atoms with Gasteiger partial charge in [0.25, 0.3) is 11.8 Å². The average molecular weight is 476 g/mol. The first kappa shape index (κ1) is 24.3. The number of primary amides is 1. The third kappa shape index (κ3) is 4.45. The number of hydrogen-bond acceptors (Lipinski definition) is 5. The quantitative estimate of drug-likeness (QED) is 0.501. The van der Waals surface area contributed by atoms with Gasteiger partial charge in [-0.25, -0.2) is 4.39 Å². The maximum absolute atomic E-state index is 14.2. The Balaban J connectivity index is 1.99. The van der Waals surface area contributed by atoms with Gasteiger partial charge >= 0.3 is 12.2 Å². The zero-order valence-corrected chi connectivity index (χ0v) is 17.3. The number of nitrogens with two attached hydrogens (primary N) is 1. The van der Waals surface area contributed by atoms with Crippen LogP contribution in [0.5, 0.6) is 5.75 Å². The van der Waals surface area contributed by atoms with Crippen molar-refractivity contribution >= 4 is 11.8 Å². The molecule has 0 radical (unpaired) electrons. The second-order valence-electron chi connectivity index (χ2n) is 7.70. The molecule has 1 aromatic rings. The second-order valence-corrected chi connectivity index (χ2v) is 7.70. The fraction of sp³-hybridized carbons (Fsp3) is 0.400. The van der Waals surface area contributed by atoms with Crippen molar-refractivity contribution in [3.05, 3.63) is 58.3 Å². The van der Waals surface area contributed by atoms with Crippen molar-refractivity contribution in [3.8, 4) is 5.75 Å². The van der Waals surface area contributed by atoms with Crippen LogP contribution in [0.1, 0.15) is 24.8 Å². The second kappa shape index (κ2) is 8.54. The van der Waals surface area contributed by atoms with Crippen molar-refractivity contribution in [1.29, 1.82) is 0 Å². The third-order valence-corrected chi connectivity index (χ3v) is 5.48. The number of hydrogen-bond donors (Lipinski definition) is 2. The fourth-order valence-electron chi connectivity index (χ4n) is 3.73. The number of nitrogens with zero attached hydrogens (tertiary/aromatic N) is 1. The van der Waals surface area contributed by atoms with E-state index in [-0.39, 0.29) is 16.0 Å². The lowest BCUT2D eigenvalue weighted by Gasteiger charge is -2.27. The molecule has 2 amide bonds. The summed E-state index contributed by atoms with van der Waals surface area (Å²) in [5.41, 5.74) is 2.04. The van der Waals surface area contributed by atoms with Crippen molar-refractivity contribution in [2.75, 3.05) is 7.11 Å². The maximum Gasteiger partial charge on any atom is 0.417 e. The van der Waals surface area contributed by atoms with Crippen LogP contribution >= 0.6 is 0 Å². The molecule has 0 aromatic heterocycles. The molecular weight excluding hydrogens is 457 g/mol. The number of halogens is 5. The number of carbonyl (C=O) groups excluding carboxylic acids is 2. The van der Waals surface area contributed by atoms with Crippen LogP contribution in [0.25, 0.3) is 0 Å². The van der Waals surface area contributed by atoms with Crippen molar-refractivity contribution in [3.63, 3.8) is 0 Å². The highest BCUT2D eigenvalue weighted by Gasteiger charge is 2.61. The van der Waals surface area contributed by atoms with Crippen molar-refractivity contribution in [1.82, 2.24) is 5.32 Å². The van der Waals surface area contributed by atoms with E-state index in [9.17, 15) is 36.4 Å². The molecule has 1 saturated heterocycles. The number of amides is 2. The minimum absolute atomic E-state index is 0.0869. The summed E-state index contributed by atoms with van der Waals surface area (Å²) in [5, 5.41) is 2.28. The Morgan fingerprint density at radius 2 is 1.97 bits per heavy atom. The highest BCUT2D eigenvalue weighted by Crippen LogP contribution is 2.51. The largest absolute Gasteiger partial charge is 0.493 e. The van der Waals surface area contributed by atoms with Gasteiger partial charge in [-0.2, -0.15) is 17.6 Å². The molecule has 3 rings (SSSR count). The molecule has 1 fully saturated rings. The van der Waals surface area contributed by atoms with Crippen LogP contribution < -0.4 is 15.8 Å². The summed E-state index contributed by atoms with van der Waals surface area (Å²) in [5.74, 6) is -6.83. The Morgan fingerprint density at radius 1 is 1.30 bits per heavy atom. The van der Waals surface area contributed by atoms with Gasteiger partial charge in [0.2, 0.25) is 12.0 Å². The average Bonchev–Trinajstić information content (AvgIpc) is 3.10. The summed E-state index contributed by atoms with van der Waals surface area (Å²) < 4.78 is 79.2. The predicted molar refractivity (Wildman–Crippen MR) is 102 cm³/mol. The molecular formula is C20H19F5N3O5+. The van der Waals surface area contributed by atoms with Crippen molar-refractivity contribution in [2.45, 2.75) is 43.2 Å². The predicted octanol–water partition coefficient (Wildman–Crippen LogP) is 2.33. The van der Waals surface area contributed by atoms with Crippen LogP contribution in [0.4, 0.5) is 22.0 Å². The Hall–Kier alpha value is -3.35. The smallest absolute Gasteiger partial charge is 0.417 e. The number of nitroso groups, excluding NO2 is 1. The first-order chi connectivity index (χ1) is 15.3. The van der Waals surface area contributed by atoms with Crippen LogP contribution in [-0.4, -0.2) is 47.6 Å². The lowest BCUT2D eigenvalue weighted by Crippen LogP contribution is -2.45. The van der Waals surface area contributed by atoms with E-state index in [0.29, 0.717) is 6.07 Å². The number of allylic oxidation sites excluding steroid dienone is 1. The number of carbonyl (C=O) groups is 2. The van der Waals surface area contributed by atoms with E-state index in [1.807, 2.05) is 0 Å². The highest BCUT2D eigenvalue weighted by atomic mass is 19.4. The molecule has 0 saturated carbocycles. The molecule has 178 valence electrons. The van der Waals surface area contributed by atoms with Crippen molar-refractivity contribution in [2.24, 2.45) is 5.73 Å². The standard InChI is InChI=1S/C20H18F5N3O5/c1-19(20(23,24)25)8-11(10-3-4-12(21)14(22)15(10)32-2)16(33-19)18(30)27-9-5-6-28(31)13(7-9)17(26)29/h3-7,11,13,16H,8H2,1-2H3,(H2-,26,27,29,30)/p+1/t11-,13-,16?,19-/m0/s1. The van der Waals surface area contributed by atoms with E-state index < -0.39 is 65.5 Å². The molecule has 1 unspecified atom stereocenters. The van der Waals surface area contributed by atoms with Crippen LogP contribution in [0.15, 0.2) is 36.2 Å². The monoisotopic (exact) mass is 476 g/mol. The van der Waals surface area contributed by atoms with Crippen LogP contribution in [0.2, 0.25) is 0 Å². The van der Waals surface area contributed by atoms with Crippen LogP contribution in [0.3, 0.4) is 0 Å². The minimum Gasteiger partial charge on any atom is -0.493 e. The van der Waals surface area contributed by atoms with Gasteiger partial charge in [0.15, 0.2) is 17.2 Å². The third-order valence-electron chi connectivity index (χ3n) is 5.48. The van der Waals surface area contributed by atoms with Gasteiger partial charge in [-0.1, -0.05) is 6.07 Å². The van der Waals surface area contributed by atoms with Crippen molar-refractivity contribution < 1.29 is 45.8 Å². The lowest BCUT2D eigenvalue weighted by molar-refractivity contribution is -0.495. The molecule has 1 aromatic carbocycles. The molecule has 2 aliphatic rings. The Kier molecular flexibility index (Phi) is 6.29. The van der Waals surface area contributed by atoms with Gasteiger partial charge in [0, 0.05) is 33.3 Å². The van der Waals surface area contributed by atoms with E-state index in [4.69, 9.17) is 15.2 Å². The first-order valence-corrected chi connectivity index (χ1v) is 9.51. The van der Waals surface area contributed by atoms with E-state index in [1.165, 1.54) is 0 Å². The highest BCUT2D eigenvalue weighted by molar-refractivity contribution is 5.86.